The molecule has 1 saturated heterocycles. The Morgan fingerprint density at radius 3 is 2.47 bits per heavy atom. The first-order valence-electron chi connectivity index (χ1n) is 12.6. The molecule has 8 heteroatoms. The van der Waals surface area contributed by atoms with Gasteiger partial charge in [-0.05, 0) is 69.2 Å². The molecule has 2 amide bonds. The maximum absolute atomic E-state index is 13.0. The predicted octanol–water partition coefficient (Wildman–Crippen LogP) is 5.59. The Bertz CT molecular complexity index is 1290. The summed E-state index contributed by atoms with van der Waals surface area (Å²) in [6.45, 7) is 9.69. The molecule has 0 atom stereocenters. The Hall–Kier alpha value is -3.06. The number of amides is 2. The summed E-state index contributed by atoms with van der Waals surface area (Å²) < 4.78 is 7.24. The molecule has 3 aromatic rings. The van der Waals surface area contributed by atoms with E-state index in [1.54, 1.807) is 16.7 Å². The number of hydrogen-bond acceptors (Lipinski definition) is 4. The second kappa shape index (κ2) is 9.11. The molecule has 2 aliphatic rings. The number of aryl methyl sites for hydroxylation is 1. The summed E-state index contributed by atoms with van der Waals surface area (Å²) in [4.78, 5) is 31.6. The lowest BCUT2D eigenvalue weighted by Crippen LogP contribution is -2.63. The predicted molar refractivity (Wildman–Crippen MR) is 139 cm³/mol. The van der Waals surface area contributed by atoms with E-state index in [9.17, 15) is 9.59 Å². The Morgan fingerprint density at radius 1 is 1.14 bits per heavy atom. The van der Waals surface area contributed by atoms with Crippen molar-refractivity contribution in [2.45, 2.75) is 65.0 Å². The molecule has 7 nitrogen and oxygen atoms in total. The minimum absolute atomic E-state index is 0.161. The van der Waals surface area contributed by atoms with Crippen LogP contribution in [0.3, 0.4) is 0 Å². The number of rotatable bonds is 5. The summed E-state index contributed by atoms with van der Waals surface area (Å²) in [5.74, 6) is 0.357. The zero-order valence-electron chi connectivity index (χ0n) is 21.3. The molecular formula is C28H33ClN4O3. The summed E-state index contributed by atoms with van der Waals surface area (Å²) in [5, 5.41) is 3.59. The van der Waals surface area contributed by atoms with Crippen LogP contribution in [0.1, 0.15) is 73.8 Å². The maximum Gasteiger partial charge on any atom is 0.410 e. The lowest BCUT2D eigenvalue weighted by atomic mass is 9.56. The Morgan fingerprint density at radius 2 is 1.83 bits per heavy atom. The van der Waals surface area contributed by atoms with Crippen LogP contribution in [-0.2, 0) is 17.7 Å². The number of likely N-dealkylation sites (tertiary alicyclic amines) is 1. The summed E-state index contributed by atoms with van der Waals surface area (Å²) in [6.07, 6.45) is 4.38. The number of aromatic nitrogens is 2. The smallest absolute Gasteiger partial charge is 0.410 e. The first-order chi connectivity index (χ1) is 17.1. The topological polar surface area (TPSA) is 75.9 Å². The second-order valence-electron chi connectivity index (χ2n) is 11.2. The van der Waals surface area contributed by atoms with Gasteiger partial charge in [-0.15, -0.1) is 0 Å². The molecule has 0 bridgehead atoms. The largest absolute Gasteiger partial charge is 0.444 e. The van der Waals surface area contributed by atoms with Gasteiger partial charge < -0.3 is 15.0 Å². The van der Waals surface area contributed by atoms with Crippen molar-refractivity contribution in [1.82, 2.24) is 19.6 Å². The van der Waals surface area contributed by atoms with E-state index in [0.29, 0.717) is 35.2 Å². The number of imidazole rings is 1. The van der Waals surface area contributed by atoms with Gasteiger partial charge in [-0.25, -0.2) is 9.78 Å². The molecule has 1 aliphatic carbocycles. The lowest BCUT2D eigenvalue weighted by molar-refractivity contribution is -0.0786. The molecule has 190 valence electrons. The Labute approximate surface area is 216 Å². The number of nitrogens with one attached hydrogen (secondary N) is 1. The normalized spacial score (nSPS) is 17.1. The van der Waals surface area contributed by atoms with Crippen LogP contribution in [0.4, 0.5) is 4.79 Å². The fourth-order valence-electron chi connectivity index (χ4n) is 5.43. The van der Waals surface area contributed by atoms with Crippen molar-refractivity contribution in [2.24, 2.45) is 5.41 Å². The standard InChI is InChI=1S/C28H33ClN4O3/c1-5-22-24(33-15-21(29)10-11-23(33)31-22)25(34)30-14-18-6-8-19(9-7-18)20-12-28(13-20)16-32(17-28)26(35)36-27(2,3)4/h6-11,15,20H,5,12-14,16-17H2,1-4H3,(H,30,34). The number of fused-ring (bicyclic) bond motifs is 1. The summed E-state index contributed by atoms with van der Waals surface area (Å²) in [5.41, 5.74) is 4.16. The highest BCUT2D eigenvalue weighted by molar-refractivity contribution is 6.30. The summed E-state index contributed by atoms with van der Waals surface area (Å²) in [7, 11) is 0. The number of benzene rings is 1. The van der Waals surface area contributed by atoms with Gasteiger partial charge in [0.2, 0.25) is 0 Å². The van der Waals surface area contributed by atoms with Crippen molar-refractivity contribution in [3.05, 3.63) is 70.1 Å². The molecule has 1 spiro atoms. The fraction of sp³-hybridized carbons (Fsp3) is 0.464. The third-order valence-corrected chi connectivity index (χ3v) is 7.40. The van der Waals surface area contributed by atoms with Crippen molar-refractivity contribution in [1.29, 1.82) is 0 Å². The van der Waals surface area contributed by atoms with Gasteiger partial charge in [-0.3, -0.25) is 9.20 Å². The van der Waals surface area contributed by atoms with Crippen LogP contribution in [0.5, 0.6) is 0 Å². The molecule has 5 rings (SSSR count). The number of nitrogens with zero attached hydrogens (tertiary/aromatic N) is 3. The maximum atomic E-state index is 13.0. The van der Waals surface area contributed by atoms with Gasteiger partial charge in [-0.1, -0.05) is 42.8 Å². The van der Waals surface area contributed by atoms with Crippen LogP contribution in [0.15, 0.2) is 42.6 Å². The van der Waals surface area contributed by atoms with Crippen LogP contribution in [-0.4, -0.2) is 45.0 Å². The van der Waals surface area contributed by atoms with Crippen molar-refractivity contribution >= 4 is 29.2 Å². The molecule has 1 aromatic carbocycles. The van der Waals surface area contributed by atoms with Gasteiger partial charge in [0, 0.05) is 31.2 Å². The van der Waals surface area contributed by atoms with Gasteiger partial charge >= 0.3 is 6.09 Å². The number of ether oxygens (including phenoxy) is 1. The van der Waals surface area contributed by atoms with Gasteiger partial charge in [0.1, 0.15) is 16.9 Å². The van der Waals surface area contributed by atoms with E-state index in [-0.39, 0.29) is 17.4 Å². The average Bonchev–Trinajstić information content (AvgIpc) is 3.13. The highest BCUT2D eigenvalue weighted by Crippen LogP contribution is 2.56. The van der Waals surface area contributed by atoms with Crippen LogP contribution in [0, 0.1) is 5.41 Å². The third-order valence-electron chi connectivity index (χ3n) is 7.17. The highest BCUT2D eigenvalue weighted by Gasteiger charge is 2.54. The van der Waals surface area contributed by atoms with Gasteiger partial charge in [0.05, 0.1) is 10.7 Å². The fourth-order valence-corrected chi connectivity index (χ4v) is 5.59. The first-order valence-corrected chi connectivity index (χ1v) is 13.0. The zero-order valence-corrected chi connectivity index (χ0v) is 22.1. The molecule has 0 radical (unpaired) electrons. The quantitative estimate of drug-likeness (QED) is 0.487. The third kappa shape index (κ3) is 4.81. The second-order valence-corrected chi connectivity index (χ2v) is 11.6. The molecule has 1 aliphatic heterocycles. The van der Waals surface area contributed by atoms with Gasteiger partial charge in [-0.2, -0.15) is 0 Å². The van der Waals surface area contributed by atoms with E-state index in [4.69, 9.17) is 16.3 Å². The van der Waals surface area contributed by atoms with E-state index >= 15 is 0 Å². The molecule has 2 fully saturated rings. The molecule has 0 unspecified atom stereocenters. The summed E-state index contributed by atoms with van der Waals surface area (Å²) in [6, 6.07) is 12.1. The molecule has 3 heterocycles. The summed E-state index contributed by atoms with van der Waals surface area (Å²) >= 11 is 6.15. The minimum atomic E-state index is -0.456. The number of hydrogen-bond donors (Lipinski definition) is 1. The first kappa shape index (κ1) is 24.6. The van der Waals surface area contributed by atoms with E-state index in [0.717, 1.165) is 37.2 Å². The minimum Gasteiger partial charge on any atom is -0.444 e. The van der Waals surface area contributed by atoms with E-state index in [1.807, 2.05) is 38.7 Å². The SMILES string of the molecule is CCc1nc2ccc(Cl)cn2c1C(=O)NCc1ccc(C2CC3(C2)CN(C(=O)OC(C)(C)C)C3)cc1. The monoisotopic (exact) mass is 508 g/mol. The van der Waals surface area contributed by atoms with E-state index in [2.05, 4.69) is 34.6 Å². The molecule has 2 aromatic heterocycles. The van der Waals surface area contributed by atoms with Crippen LogP contribution in [0.2, 0.25) is 5.02 Å². The van der Waals surface area contributed by atoms with Crippen LogP contribution >= 0.6 is 11.6 Å². The molecule has 1 N–H and O–H groups in total. The zero-order chi connectivity index (χ0) is 25.7. The van der Waals surface area contributed by atoms with Crippen molar-refractivity contribution < 1.29 is 14.3 Å². The molecule has 1 saturated carbocycles. The number of carbonyl (C=O) groups is 2. The van der Waals surface area contributed by atoms with Crippen molar-refractivity contribution in [3.63, 3.8) is 0 Å². The lowest BCUT2D eigenvalue weighted by Gasteiger charge is -2.59. The van der Waals surface area contributed by atoms with Gasteiger partial charge in [0.25, 0.3) is 5.91 Å². The molecule has 36 heavy (non-hydrogen) atoms. The van der Waals surface area contributed by atoms with E-state index in [1.165, 1.54) is 5.56 Å². The van der Waals surface area contributed by atoms with Crippen LogP contribution in [0.25, 0.3) is 5.65 Å². The van der Waals surface area contributed by atoms with E-state index < -0.39 is 5.60 Å². The number of carbonyl (C=O) groups excluding carboxylic acids is 2. The van der Waals surface area contributed by atoms with Crippen molar-refractivity contribution in [3.8, 4) is 0 Å². The average molecular weight is 509 g/mol. The van der Waals surface area contributed by atoms with Crippen LogP contribution < -0.4 is 5.32 Å². The van der Waals surface area contributed by atoms with Crippen molar-refractivity contribution in [2.75, 3.05) is 13.1 Å². The Kier molecular flexibility index (Phi) is 6.23. The Balaban J connectivity index is 1.14. The number of halogens is 1. The highest BCUT2D eigenvalue weighted by atomic mass is 35.5. The van der Waals surface area contributed by atoms with Gasteiger partial charge in [0.15, 0.2) is 0 Å². The molecular weight excluding hydrogens is 476 g/mol. The number of pyridine rings is 1.